The fourth-order valence-corrected chi connectivity index (χ4v) is 2.76. The van der Waals surface area contributed by atoms with Crippen LogP contribution in [-0.2, 0) is 0 Å². The molecular formula is C18H12ClFN6O. The average Bonchev–Trinajstić information content (AvgIpc) is 3.07. The predicted octanol–water partition coefficient (Wildman–Crippen LogP) is 3.65. The highest BCUT2D eigenvalue weighted by Gasteiger charge is 2.14. The molecule has 0 saturated carbocycles. The number of hydrogen-bond acceptors (Lipinski definition) is 5. The maximum absolute atomic E-state index is 14.2. The third-order valence-corrected chi connectivity index (χ3v) is 4.12. The number of aromatic amines is 1. The number of amides is 1. The van der Waals surface area contributed by atoms with E-state index in [1.54, 1.807) is 24.4 Å². The van der Waals surface area contributed by atoms with Crippen LogP contribution in [-0.4, -0.2) is 25.8 Å². The number of nitrogens with zero attached hydrogens (tertiary/aromatic N) is 3. The molecule has 3 heterocycles. The van der Waals surface area contributed by atoms with E-state index < -0.39 is 11.7 Å². The molecule has 0 bridgehead atoms. The Balaban J connectivity index is 1.70. The van der Waals surface area contributed by atoms with Crippen molar-refractivity contribution in [3.8, 4) is 11.4 Å². The first-order chi connectivity index (χ1) is 13.0. The molecular weight excluding hydrogens is 371 g/mol. The number of H-pyrrole nitrogens is 1. The number of benzene rings is 1. The predicted molar refractivity (Wildman–Crippen MR) is 100 cm³/mol. The molecule has 3 aromatic heterocycles. The van der Waals surface area contributed by atoms with E-state index in [0.717, 1.165) is 11.6 Å². The van der Waals surface area contributed by atoms with Gasteiger partial charge in [-0.2, -0.15) is 0 Å². The summed E-state index contributed by atoms with van der Waals surface area (Å²) >= 11 is 6.01. The Labute approximate surface area is 157 Å². The lowest BCUT2D eigenvalue weighted by molar-refractivity contribution is 0.100. The second kappa shape index (κ2) is 6.65. The Hall–Kier alpha value is -3.52. The number of carbonyl (C=O) groups is 1. The van der Waals surface area contributed by atoms with E-state index in [1.165, 1.54) is 18.3 Å². The number of fused-ring (bicyclic) bond motifs is 1. The summed E-state index contributed by atoms with van der Waals surface area (Å²) in [7, 11) is 0. The molecule has 1 amide bonds. The minimum Gasteiger partial charge on any atom is -0.366 e. The summed E-state index contributed by atoms with van der Waals surface area (Å²) in [5.41, 5.74) is 7.39. The summed E-state index contributed by atoms with van der Waals surface area (Å²) in [6.07, 6.45) is 4.30. The van der Waals surface area contributed by atoms with Crippen LogP contribution in [0.25, 0.3) is 22.4 Å². The van der Waals surface area contributed by atoms with Crippen LogP contribution in [0.2, 0.25) is 5.02 Å². The molecule has 1 aromatic carbocycles. The van der Waals surface area contributed by atoms with Crippen molar-refractivity contribution in [3.63, 3.8) is 0 Å². The first kappa shape index (κ1) is 16.9. The highest BCUT2D eigenvalue weighted by Crippen LogP contribution is 2.28. The molecule has 0 spiro atoms. The monoisotopic (exact) mass is 382 g/mol. The Morgan fingerprint density at radius 1 is 1.19 bits per heavy atom. The molecule has 0 aliphatic heterocycles. The number of halogens is 2. The Morgan fingerprint density at radius 3 is 2.70 bits per heavy atom. The molecule has 4 N–H and O–H groups in total. The zero-order chi connectivity index (χ0) is 19.0. The first-order valence-electron chi connectivity index (χ1n) is 7.84. The summed E-state index contributed by atoms with van der Waals surface area (Å²) in [5, 5.41) is 4.07. The number of carbonyl (C=O) groups excluding carboxylic acids is 1. The van der Waals surface area contributed by atoms with E-state index in [1.807, 2.05) is 0 Å². The number of primary amides is 1. The second-order valence-corrected chi connectivity index (χ2v) is 6.15. The molecule has 0 aliphatic rings. The van der Waals surface area contributed by atoms with Crippen molar-refractivity contribution in [2.45, 2.75) is 0 Å². The van der Waals surface area contributed by atoms with Gasteiger partial charge < -0.3 is 16.0 Å². The fraction of sp³-hybridized carbons (Fsp3) is 0. The summed E-state index contributed by atoms with van der Waals surface area (Å²) in [6.45, 7) is 0. The highest BCUT2D eigenvalue weighted by molar-refractivity contribution is 6.31. The summed E-state index contributed by atoms with van der Waals surface area (Å²) < 4.78 is 14.2. The molecule has 0 radical (unpaired) electrons. The van der Waals surface area contributed by atoms with Gasteiger partial charge in [-0.3, -0.25) is 4.79 Å². The van der Waals surface area contributed by atoms with Crippen LogP contribution in [0.15, 0.2) is 48.9 Å². The van der Waals surface area contributed by atoms with Crippen molar-refractivity contribution in [3.05, 3.63) is 65.3 Å². The van der Waals surface area contributed by atoms with Crippen molar-refractivity contribution in [1.29, 1.82) is 0 Å². The topological polar surface area (TPSA) is 110 Å². The standard InChI is InChI=1S/C18H12ClFN6O/c19-10-5-12-13(7-23-16(12)22-6-10)17-24-8-14(20)18(26-17)25-11-3-1-9(2-4-11)15(21)27/h1-8H,(H2,21,27)(H,22,23)(H,24,25,26). The van der Waals surface area contributed by atoms with Gasteiger partial charge in [0.1, 0.15) is 5.65 Å². The third-order valence-electron chi connectivity index (χ3n) is 3.91. The first-order valence-corrected chi connectivity index (χ1v) is 8.21. The van der Waals surface area contributed by atoms with E-state index in [-0.39, 0.29) is 5.82 Å². The Morgan fingerprint density at radius 2 is 1.96 bits per heavy atom. The molecule has 4 aromatic rings. The molecule has 0 atom stereocenters. The van der Waals surface area contributed by atoms with Gasteiger partial charge in [0, 0.05) is 34.6 Å². The summed E-state index contributed by atoms with van der Waals surface area (Å²) in [4.78, 5) is 26.7. The van der Waals surface area contributed by atoms with Crippen LogP contribution in [0.4, 0.5) is 15.9 Å². The van der Waals surface area contributed by atoms with Crippen LogP contribution in [0.3, 0.4) is 0 Å². The molecule has 0 fully saturated rings. The molecule has 4 rings (SSSR count). The van der Waals surface area contributed by atoms with Crippen LogP contribution in [0.1, 0.15) is 10.4 Å². The number of aromatic nitrogens is 4. The van der Waals surface area contributed by atoms with E-state index in [2.05, 4.69) is 25.3 Å². The molecule has 134 valence electrons. The number of rotatable bonds is 4. The summed E-state index contributed by atoms with van der Waals surface area (Å²) in [5.74, 6) is -0.850. The van der Waals surface area contributed by atoms with Gasteiger partial charge in [0.15, 0.2) is 17.5 Å². The quantitative estimate of drug-likeness (QED) is 0.499. The lowest BCUT2D eigenvalue weighted by atomic mass is 10.2. The Bertz CT molecular complexity index is 1160. The van der Waals surface area contributed by atoms with Crippen molar-refractivity contribution in [2.75, 3.05) is 5.32 Å². The van der Waals surface area contributed by atoms with Gasteiger partial charge in [-0.1, -0.05) is 11.6 Å². The fourth-order valence-electron chi connectivity index (χ4n) is 2.60. The van der Waals surface area contributed by atoms with Crippen molar-refractivity contribution in [1.82, 2.24) is 19.9 Å². The van der Waals surface area contributed by atoms with Crippen molar-refractivity contribution >= 4 is 40.0 Å². The SMILES string of the molecule is NC(=O)c1ccc(Nc2nc(-c3c[nH]c4ncc(Cl)cc34)ncc2F)cc1. The van der Waals surface area contributed by atoms with Crippen LogP contribution < -0.4 is 11.1 Å². The van der Waals surface area contributed by atoms with E-state index >= 15 is 0 Å². The van der Waals surface area contributed by atoms with Gasteiger partial charge >= 0.3 is 0 Å². The normalized spacial score (nSPS) is 10.9. The van der Waals surface area contributed by atoms with E-state index in [0.29, 0.717) is 33.3 Å². The van der Waals surface area contributed by atoms with E-state index in [9.17, 15) is 9.18 Å². The average molecular weight is 383 g/mol. The smallest absolute Gasteiger partial charge is 0.248 e. The third kappa shape index (κ3) is 3.30. The number of hydrogen-bond donors (Lipinski definition) is 3. The van der Waals surface area contributed by atoms with Crippen molar-refractivity contribution < 1.29 is 9.18 Å². The maximum Gasteiger partial charge on any atom is 0.248 e. The van der Waals surface area contributed by atoms with Gasteiger partial charge in [-0.05, 0) is 30.3 Å². The molecule has 0 aliphatic carbocycles. The van der Waals surface area contributed by atoms with Gasteiger partial charge in [0.05, 0.1) is 11.2 Å². The van der Waals surface area contributed by atoms with Gasteiger partial charge in [-0.25, -0.2) is 19.3 Å². The van der Waals surface area contributed by atoms with E-state index in [4.69, 9.17) is 17.3 Å². The zero-order valence-electron chi connectivity index (χ0n) is 13.7. The largest absolute Gasteiger partial charge is 0.366 e. The molecule has 0 unspecified atom stereocenters. The van der Waals surface area contributed by atoms with Crippen LogP contribution >= 0.6 is 11.6 Å². The van der Waals surface area contributed by atoms with Gasteiger partial charge in [-0.15, -0.1) is 0 Å². The molecule has 9 heteroatoms. The number of pyridine rings is 1. The van der Waals surface area contributed by atoms with Crippen LogP contribution in [0.5, 0.6) is 0 Å². The molecule has 27 heavy (non-hydrogen) atoms. The minimum absolute atomic E-state index is 0.00355. The van der Waals surface area contributed by atoms with Gasteiger partial charge in [0.25, 0.3) is 0 Å². The maximum atomic E-state index is 14.2. The van der Waals surface area contributed by atoms with Crippen LogP contribution in [0, 0.1) is 5.82 Å². The molecule has 7 nitrogen and oxygen atoms in total. The van der Waals surface area contributed by atoms with Crippen molar-refractivity contribution in [2.24, 2.45) is 5.73 Å². The number of nitrogens with one attached hydrogen (secondary N) is 2. The highest BCUT2D eigenvalue weighted by atomic mass is 35.5. The number of anilines is 2. The lowest BCUT2D eigenvalue weighted by Gasteiger charge is -2.08. The second-order valence-electron chi connectivity index (χ2n) is 5.71. The zero-order valence-corrected chi connectivity index (χ0v) is 14.5. The van der Waals surface area contributed by atoms with Gasteiger partial charge in [0.2, 0.25) is 5.91 Å². The summed E-state index contributed by atoms with van der Waals surface area (Å²) in [6, 6.07) is 8.03. The lowest BCUT2D eigenvalue weighted by Crippen LogP contribution is -2.10. The minimum atomic E-state index is -0.617. The molecule has 0 saturated heterocycles. The number of nitrogens with two attached hydrogens (primary N) is 1. The Kier molecular flexibility index (Phi) is 4.17.